The summed E-state index contributed by atoms with van der Waals surface area (Å²) in [5.74, 6) is -1.07. The molecule has 7 heteroatoms. The van der Waals surface area contributed by atoms with Gasteiger partial charge in [-0.05, 0) is 47.9 Å². The van der Waals surface area contributed by atoms with Crippen molar-refractivity contribution in [2.75, 3.05) is 31.2 Å². The van der Waals surface area contributed by atoms with E-state index in [9.17, 15) is 14.0 Å². The largest absolute Gasteiger partial charge is 0.465 e. The molecule has 0 amide bonds. The second-order valence-electron chi connectivity index (χ2n) is 5.87. The minimum Gasteiger partial charge on any atom is -0.465 e. The number of benzene rings is 1. The maximum atomic E-state index is 14.4. The molecule has 0 spiro atoms. The van der Waals surface area contributed by atoms with E-state index in [0.717, 1.165) is 4.90 Å². The minimum atomic E-state index is -1.04. The molecule has 1 N–H and O–H groups in total. The van der Waals surface area contributed by atoms with Crippen molar-refractivity contribution >= 4 is 33.7 Å². The molecule has 0 saturated heterocycles. The van der Waals surface area contributed by atoms with E-state index in [-0.39, 0.29) is 22.6 Å². The number of pyridine rings is 1. The monoisotopic (exact) mass is 350 g/mol. The summed E-state index contributed by atoms with van der Waals surface area (Å²) < 4.78 is 19.1. The molecule has 0 aliphatic rings. The number of hydrogen-bond acceptors (Lipinski definition) is 5. The van der Waals surface area contributed by atoms with Crippen LogP contribution in [0.2, 0.25) is 0 Å². The zero-order chi connectivity index (χ0) is 17.9. The molecule has 0 unspecified atom stereocenters. The number of aldehydes is 1. The number of esters is 1. The number of methoxy groups -OCH3 is 1. The second kappa shape index (κ2) is 7.00. The number of hydrogen-bond donors (Lipinski definition) is 1. The molecule has 2 aromatic rings. The molecule has 0 saturated carbocycles. The molecule has 0 aliphatic carbocycles. The fraction of sp³-hybridized carbons (Fsp3) is 0.235. The van der Waals surface area contributed by atoms with Crippen molar-refractivity contribution in [3.8, 4) is 0 Å². The highest BCUT2D eigenvalue weighted by molar-refractivity contribution is 8.32. The van der Waals surface area contributed by atoms with Crippen molar-refractivity contribution in [3.63, 3.8) is 0 Å². The van der Waals surface area contributed by atoms with Gasteiger partial charge < -0.3 is 10.1 Å². The lowest BCUT2D eigenvalue weighted by Gasteiger charge is -2.26. The standard InChI is InChI=1S/C17H19FN2O3S/c1-23-17(22)13-7-11(10-21)19-9-16(13)20-15-6-5-12(8-14(15)18)24(2,3)4/h5-10,20H,1-4H3. The fourth-order valence-electron chi connectivity index (χ4n) is 2.04. The number of halogens is 1. The van der Waals surface area contributed by atoms with Crippen molar-refractivity contribution in [1.82, 2.24) is 4.98 Å². The van der Waals surface area contributed by atoms with E-state index in [0.29, 0.717) is 6.29 Å². The molecule has 1 aromatic carbocycles. The molecule has 0 atom stereocenters. The van der Waals surface area contributed by atoms with E-state index in [1.54, 1.807) is 6.07 Å². The summed E-state index contributed by atoms with van der Waals surface area (Å²) in [6.07, 6.45) is 8.06. The maximum absolute atomic E-state index is 14.4. The van der Waals surface area contributed by atoms with Crippen LogP contribution in [0.25, 0.3) is 0 Å². The Morgan fingerprint density at radius 3 is 2.50 bits per heavy atom. The van der Waals surface area contributed by atoms with E-state index in [1.807, 2.05) is 6.07 Å². The van der Waals surface area contributed by atoms with Crippen LogP contribution >= 0.6 is 10.0 Å². The van der Waals surface area contributed by atoms with E-state index in [2.05, 4.69) is 29.1 Å². The van der Waals surface area contributed by atoms with Crippen molar-refractivity contribution < 1.29 is 18.7 Å². The maximum Gasteiger partial charge on any atom is 0.340 e. The first-order valence-electron chi connectivity index (χ1n) is 7.04. The summed E-state index contributed by atoms with van der Waals surface area (Å²) in [6, 6.07) is 6.26. The topological polar surface area (TPSA) is 68.3 Å². The third-order valence-corrected chi connectivity index (χ3v) is 5.04. The first-order valence-corrected chi connectivity index (χ1v) is 9.90. The smallest absolute Gasteiger partial charge is 0.340 e. The van der Waals surface area contributed by atoms with Gasteiger partial charge in [0.25, 0.3) is 0 Å². The van der Waals surface area contributed by atoms with E-state index < -0.39 is 21.8 Å². The molecule has 0 bridgehead atoms. The van der Waals surface area contributed by atoms with Crippen LogP contribution in [-0.2, 0) is 4.74 Å². The number of nitrogens with one attached hydrogen (secondary N) is 1. The lowest BCUT2D eigenvalue weighted by molar-refractivity contribution is 0.0601. The predicted molar refractivity (Wildman–Crippen MR) is 94.3 cm³/mol. The summed E-state index contributed by atoms with van der Waals surface area (Å²) in [7, 11) is 0.188. The van der Waals surface area contributed by atoms with Gasteiger partial charge in [0.15, 0.2) is 6.29 Å². The Morgan fingerprint density at radius 2 is 1.96 bits per heavy atom. The number of anilines is 2. The summed E-state index contributed by atoms with van der Waals surface area (Å²) in [5, 5.41) is 2.84. The number of ether oxygens (including phenoxy) is 1. The van der Waals surface area contributed by atoms with Crippen molar-refractivity contribution in [2.24, 2.45) is 0 Å². The van der Waals surface area contributed by atoms with Crippen molar-refractivity contribution in [3.05, 3.63) is 47.5 Å². The zero-order valence-electron chi connectivity index (χ0n) is 13.9. The number of carbonyl (C=O) groups is 2. The van der Waals surface area contributed by atoms with Gasteiger partial charge in [-0.1, -0.05) is 0 Å². The number of carbonyl (C=O) groups excluding carboxylic acids is 2. The van der Waals surface area contributed by atoms with Gasteiger partial charge in [-0.3, -0.25) is 9.78 Å². The molecule has 2 rings (SSSR count). The predicted octanol–water partition coefficient (Wildman–Crippen LogP) is 3.62. The number of aromatic nitrogens is 1. The fourth-order valence-corrected chi connectivity index (χ4v) is 2.97. The van der Waals surface area contributed by atoms with Crippen LogP contribution in [0, 0.1) is 5.82 Å². The normalized spacial score (nSPS) is 11.7. The van der Waals surface area contributed by atoms with Crippen LogP contribution in [0.1, 0.15) is 20.8 Å². The summed E-state index contributed by atoms with van der Waals surface area (Å²) in [6.45, 7) is 0. The molecule has 0 radical (unpaired) electrons. The molecule has 128 valence electrons. The highest BCUT2D eigenvalue weighted by Crippen LogP contribution is 2.45. The second-order valence-corrected chi connectivity index (χ2v) is 10.0. The van der Waals surface area contributed by atoms with E-state index >= 15 is 0 Å². The van der Waals surface area contributed by atoms with Gasteiger partial charge in [-0.15, -0.1) is 0 Å². The number of nitrogens with zero attached hydrogens (tertiary/aromatic N) is 1. The lowest BCUT2D eigenvalue weighted by atomic mass is 10.2. The van der Waals surface area contributed by atoms with Crippen LogP contribution in [-0.4, -0.2) is 43.1 Å². The van der Waals surface area contributed by atoms with Gasteiger partial charge in [0.05, 0.1) is 30.2 Å². The van der Waals surface area contributed by atoms with E-state index in [1.165, 1.54) is 25.4 Å². The molecule has 1 heterocycles. The molecular formula is C17H19FN2O3S. The average Bonchev–Trinajstić information content (AvgIpc) is 2.55. The Balaban J connectivity index is 2.41. The molecule has 0 aliphatic heterocycles. The minimum absolute atomic E-state index is 0.0908. The zero-order valence-corrected chi connectivity index (χ0v) is 14.7. The first-order chi connectivity index (χ1) is 11.3. The van der Waals surface area contributed by atoms with Gasteiger partial charge in [-0.25, -0.2) is 19.2 Å². The molecule has 1 aromatic heterocycles. The Labute approximate surface area is 141 Å². The van der Waals surface area contributed by atoms with Crippen LogP contribution < -0.4 is 5.32 Å². The summed E-state index contributed by atoms with van der Waals surface area (Å²) >= 11 is 0. The molecule has 5 nitrogen and oxygen atoms in total. The molecule has 0 fully saturated rings. The first kappa shape index (κ1) is 17.9. The Hall–Kier alpha value is -2.41. The van der Waals surface area contributed by atoms with Gasteiger partial charge in [-0.2, -0.15) is 0 Å². The van der Waals surface area contributed by atoms with Gasteiger partial charge in [0.1, 0.15) is 11.5 Å². The summed E-state index contributed by atoms with van der Waals surface area (Å²) in [4.78, 5) is 27.5. The highest BCUT2D eigenvalue weighted by atomic mass is 32.3. The Morgan fingerprint density at radius 1 is 1.25 bits per heavy atom. The SMILES string of the molecule is COC(=O)c1cc(C=O)ncc1Nc1ccc(S(C)(C)C)cc1F. The van der Waals surface area contributed by atoms with Gasteiger partial charge in [0.2, 0.25) is 0 Å². The van der Waals surface area contributed by atoms with Crippen LogP contribution in [0.3, 0.4) is 0 Å². The van der Waals surface area contributed by atoms with Gasteiger partial charge in [0, 0.05) is 0 Å². The van der Waals surface area contributed by atoms with Crippen molar-refractivity contribution in [1.29, 1.82) is 0 Å². The van der Waals surface area contributed by atoms with E-state index in [4.69, 9.17) is 4.74 Å². The van der Waals surface area contributed by atoms with Crippen molar-refractivity contribution in [2.45, 2.75) is 4.90 Å². The quantitative estimate of drug-likeness (QED) is 0.659. The highest BCUT2D eigenvalue weighted by Gasteiger charge is 2.16. The number of rotatable bonds is 5. The summed E-state index contributed by atoms with van der Waals surface area (Å²) in [5.41, 5.74) is 0.683. The Kier molecular flexibility index (Phi) is 5.23. The third-order valence-electron chi connectivity index (χ3n) is 3.37. The molecule has 24 heavy (non-hydrogen) atoms. The molecular weight excluding hydrogens is 331 g/mol. The average molecular weight is 350 g/mol. The Bertz CT molecular complexity index is 788. The van der Waals surface area contributed by atoms with Crippen LogP contribution in [0.15, 0.2) is 35.4 Å². The van der Waals surface area contributed by atoms with Gasteiger partial charge >= 0.3 is 5.97 Å². The van der Waals surface area contributed by atoms with Crippen LogP contribution in [0.4, 0.5) is 15.8 Å². The third kappa shape index (κ3) is 3.91. The van der Waals surface area contributed by atoms with Crippen LogP contribution in [0.5, 0.6) is 0 Å². The lowest BCUT2D eigenvalue weighted by Crippen LogP contribution is -2.08.